The van der Waals surface area contributed by atoms with E-state index in [-0.39, 0.29) is 18.2 Å². The predicted octanol–water partition coefficient (Wildman–Crippen LogP) is 5.50. The molecule has 150 valence electrons. The van der Waals surface area contributed by atoms with Gasteiger partial charge in [-0.3, -0.25) is 14.5 Å². The quantitative estimate of drug-likeness (QED) is 0.588. The van der Waals surface area contributed by atoms with E-state index in [0.29, 0.717) is 21.6 Å². The number of nitrogens with one attached hydrogen (secondary N) is 1. The number of carbonyl (C=O) groups excluding carboxylic acids is 2. The smallest absolute Gasteiger partial charge is 0.238 e. The van der Waals surface area contributed by atoms with Crippen LogP contribution >= 0.6 is 23.4 Å². The van der Waals surface area contributed by atoms with E-state index in [0.717, 1.165) is 5.69 Å². The first-order valence-corrected chi connectivity index (χ1v) is 10.6. The lowest BCUT2D eigenvalue weighted by atomic mass is 10.2. The average molecular weight is 436 g/mol. The van der Waals surface area contributed by atoms with Crippen molar-refractivity contribution < 1.29 is 9.59 Å². The molecule has 7 heteroatoms. The third-order valence-electron chi connectivity index (χ3n) is 4.45. The van der Waals surface area contributed by atoms with Crippen molar-refractivity contribution in [2.45, 2.75) is 11.7 Å². The number of thioether (sulfide) groups is 1. The standard InChI is InChI=1S/C23H18ClN3O2S/c24-16-11-13-18(14-12-16)25-22(29)20-15-21(28)27(19-9-5-2-6-10-19)23(30-20)26-17-7-3-1-4-8-17/h1-14,20H,15H2,(H,25,29). The van der Waals surface area contributed by atoms with E-state index in [4.69, 9.17) is 11.6 Å². The minimum absolute atomic E-state index is 0.0762. The van der Waals surface area contributed by atoms with Gasteiger partial charge < -0.3 is 5.32 Å². The molecule has 1 N–H and O–H groups in total. The monoisotopic (exact) mass is 435 g/mol. The van der Waals surface area contributed by atoms with E-state index >= 15 is 0 Å². The molecule has 1 unspecified atom stereocenters. The van der Waals surface area contributed by atoms with Gasteiger partial charge in [0.25, 0.3) is 0 Å². The molecule has 0 aliphatic carbocycles. The zero-order valence-corrected chi connectivity index (χ0v) is 17.4. The van der Waals surface area contributed by atoms with Crippen molar-refractivity contribution in [1.82, 2.24) is 0 Å². The predicted molar refractivity (Wildman–Crippen MR) is 124 cm³/mol. The lowest BCUT2D eigenvalue weighted by Gasteiger charge is -2.31. The number of anilines is 2. The van der Waals surface area contributed by atoms with Crippen LogP contribution in [-0.2, 0) is 9.59 Å². The maximum Gasteiger partial charge on any atom is 0.238 e. The number of para-hydroxylation sites is 2. The fraction of sp³-hybridized carbons (Fsp3) is 0.0870. The largest absolute Gasteiger partial charge is 0.325 e. The van der Waals surface area contributed by atoms with E-state index in [1.807, 2.05) is 60.7 Å². The number of hydrogen-bond acceptors (Lipinski definition) is 4. The zero-order valence-electron chi connectivity index (χ0n) is 15.9. The van der Waals surface area contributed by atoms with E-state index in [9.17, 15) is 9.59 Å². The number of hydrogen-bond donors (Lipinski definition) is 1. The molecule has 2 amide bonds. The molecule has 0 aromatic heterocycles. The van der Waals surface area contributed by atoms with Crippen LogP contribution in [0.3, 0.4) is 0 Å². The van der Waals surface area contributed by atoms with Crippen molar-refractivity contribution in [3.05, 3.63) is 90.0 Å². The summed E-state index contributed by atoms with van der Waals surface area (Å²) in [4.78, 5) is 32.1. The Hall–Kier alpha value is -3.09. The van der Waals surface area contributed by atoms with Crippen LogP contribution in [0, 0.1) is 0 Å². The lowest BCUT2D eigenvalue weighted by Crippen LogP contribution is -2.45. The molecule has 4 rings (SSSR count). The van der Waals surface area contributed by atoms with Crippen LogP contribution < -0.4 is 10.2 Å². The Balaban J connectivity index is 1.62. The summed E-state index contributed by atoms with van der Waals surface area (Å²) in [6.45, 7) is 0. The number of halogens is 1. The molecule has 1 saturated heterocycles. The molecule has 3 aromatic carbocycles. The van der Waals surface area contributed by atoms with Gasteiger partial charge >= 0.3 is 0 Å². The van der Waals surface area contributed by atoms with Gasteiger partial charge in [0.1, 0.15) is 5.25 Å². The molecule has 0 spiro atoms. The fourth-order valence-corrected chi connectivity index (χ4v) is 4.24. The van der Waals surface area contributed by atoms with Crippen LogP contribution in [0.1, 0.15) is 6.42 Å². The molecular formula is C23H18ClN3O2S. The maximum absolute atomic E-state index is 13.0. The fourth-order valence-electron chi connectivity index (χ4n) is 3.00. The van der Waals surface area contributed by atoms with Crippen LogP contribution in [0.25, 0.3) is 0 Å². The second kappa shape index (κ2) is 9.15. The van der Waals surface area contributed by atoms with Gasteiger partial charge in [-0.25, -0.2) is 4.99 Å². The Kier molecular flexibility index (Phi) is 6.16. The molecule has 3 aromatic rings. The first-order valence-electron chi connectivity index (χ1n) is 9.35. The Bertz CT molecular complexity index is 1070. The average Bonchev–Trinajstić information content (AvgIpc) is 2.76. The molecule has 5 nitrogen and oxygen atoms in total. The molecule has 0 bridgehead atoms. The summed E-state index contributed by atoms with van der Waals surface area (Å²) < 4.78 is 0. The topological polar surface area (TPSA) is 61.8 Å². The highest BCUT2D eigenvalue weighted by Crippen LogP contribution is 2.33. The summed E-state index contributed by atoms with van der Waals surface area (Å²) in [6.07, 6.45) is 0.0762. The minimum Gasteiger partial charge on any atom is -0.325 e. The first kappa shape index (κ1) is 20.2. The molecule has 1 heterocycles. The highest BCUT2D eigenvalue weighted by atomic mass is 35.5. The number of amides is 2. The Morgan fingerprint density at radius 1 is 0.967 bits per heavy atom. The van der Waals surface area contributed by atoms with Gasteiger partial charge in [-0.15, -0.1) is 0 Å². The van der Waals surface area contributed by atoms with Gasteiger partial charge in [0.15, 0.2) is 5.17 Å². The van der Waals surface area contributed by atoms with E-state index in [1.54, 1.807) is 29.2 Å². The van der Waals surface area contributed by atoms with Crippen LogP contribution in [0.2, 0.25) is 5.02 Å². The zero-order chi connectivity index (χ0) is 20.9. The number of rotatable bonds is 4. The molecule has 1 fully saturated rings. The van der Waals surface area contributed by atoms with E-state index < -0.39 is 5.25 Å². The summed E-state index contributed by atoms with van der Waals surface area (Å²) in [7, 11) is 0. The van der Waals surface area contributed by atoms with Crippen molar-refractivity contribution in [2.24, 2.45) is 4.99 Å². The second-order valence-corrected chi connectivity index (χ2v) is 8.21. The lowest BCUT2D eigenvalue weighted by molar-refractivity contribution is -0.121. The van der Waals surface area contributed by atoms with E-state index in [2.05, 4.69) is 10.3 Å². The van der Waals surface area contributed by atoms with Gasteiger partial charge in [0, 0.05) is 17.1 Å². The summed E-state index contributed by atoms with van der Waals surface area (Å²) in [5, 5.41) is 3.33. The Morgan fingerprint density at radius 3 is 2.27 bits per heavy atom. The number of aliphatic imine (C=N–C) groups is 1. The van der Waals surface area contributed by atoms with Crippen molar-refractivity contribution >= 4 is 57.4 Å². The molecule has 1 aliphatic heterocycles. The third kappa shape index (κ3) is 4.72. The minimum atomic E-state index is -0.587. The van der Waals surface area contributed by atoms with Crippen LogP contribution in [0.4, 0.5) is 17.1 Å². The van der Waals surface area contributed by atoms with Crippen molar-refractivity contribution in [1.29, 1.82) is 0 Å². The van der Waals surface area contributed by atoms with Gasteiger partial charge in [-0.1, -0.05) is 59.8 Å². The van der Waals surface area contributed by atoms with Crippen molar-refractivity contribution in [3.63, 3.8) is 0 Å². The maximum atomic E-state index is 13.0. The Morgan fingerprint density at radius 2 is 1.60 bits per heavy atom. The first-order chi connectivity index (χ1) is 14.6. The van der Waals surface area contributed by atoms with Crippen LogP contribution in [0.15, 0.2) is 89.9 Å². The van der Waals surface area contributed by atoms with E-state index in [1.165, 1.54) is 11.8 Å². The molecule has 1 atom stereocenters. The number of nitrogens with zero attached hydrogens (tertiary/aromatic N) is 2. The molecule has 30 heavy (non-hydrogen) atoms. The molecule has 0 radical (unpaired) electrons. The van der Waals surface area contributed by atoms with Crippen LogP contribution in [-0.4, -0.2) is 22.2 Å². The summed E-state index contributed by atoms with van der Waals surface area (Å²) >= 11 is 7.18. The van der Waals surface area contributed by atoms with Gasteiger partial charge in [-0.05, 0) is 48.5 Å². The summed E-state index contributed by atoms with van der Waals surface area (Å²) in [5.74, 6) is -0.421. The summed E-state index contributed by atoms with van der Waals surface area (Å²) in [5.41, 5.74) is 2.07. The summed E-state index contributed by atoms with van der Waals surface area (Å²) in [6, 6.07) is 25.6. The number of carbonyl (C=O) groups is 2. The third-order valence-corrected chi connectivity index (χ3v) is 5.85. The van der Waals surface area contributed by atoms with Crippen molar-refractivity contribution in [3.8, 4) is 0 Å². The van der Waals surface area contributed by atoms with Gasteiger partial charge in [0.05, 0.1) is 11.4 Å². The SMILES string of the molecule is O=C(Nc1ccc(Cl)cc1)C1CC(=O)N(c2ccccc2)C(=Nc2ccccc2)S1. The molecule has 1 aliphatic rings. The number of benzene rings is 3. The van der Waals surface area contributed by atoms with Crippen LogP contribution in [0.5, 0.6) is 0 Å². The normalized spacial score (nSPS) is 17.8. The second-order valence-electron chi connectivity index (χ2n) is 6.60. The number of amidine groups is 1. The molecular weight excluding hydrogens is 418 g/mol. The van der Waals surface area contributed by atoms with Gasteiger partial charge in [-0.2, -0.15) is 0 Å². The highest BCUT2D eigenvalue weighted by Gasteiger charge is 2.36. The van der Waals surface area contributed by atoms with Crippen molar-refractivity contribution in [2.75, 3.05) is 10.2 Å². The Labute approximate surface area is 183 Å². The van der Waals surface area contributed by atoms with Gasteiger partial charge in [0.2, 0.25) is 11.8 Å². The highest BCUT2D eigenvalue weighted by molar-refractivity contribution is 8.15. The molecule has 0 saturated carbocycles.